The SMILES string of the molecule is Cn1ncnc1NS(=O)(=O)c1c(Cl)cc(N)cc1Cl. The van der Waals surface area contributed by atoms with Gasteiger partial charge in [0.15, 0.2) is 0 Å². The first-order chi connectivity index (χ1) is 8.81. The van der Waals surface area contributed by atoms with Gasteiger partial charge in [-0.25, -0.2) is 17.8 Å². The van der Waals surface area contributed by atoms with Crippen molar-refractivity contribution >= 4 is 44.9 Å². The molecule has 0 atom stereocenters. The molecule has 1 heterocycles. The number of benzene rings is 1. The predicted octanol–water partition coefficient (Wildman–Crippen LogP) is 1.50. The number of aromatic nitrogens is 3. The fourth-order valence-corrected chi connectivity index (χ4v) is 3.67. The maximum absolute atomic E-state index is 12.2. The van der Waals surface area contributed by atoms with Crippen molar-refractivity contribution < 1.29 is 8.42 Å². The average molecular weight is 322 g/mol. The standard InChI is InChI=1S/C9H9Cl2N5O2S/c1-16-9(13-4-14-16)15-19(17,18)8-6(10)2-5(12)3-7(8)11/h2-4H,12H2,1H3,(H,13,14,15). The number of nitrogens with two attached hydrogens (primary N) is 1. The van der Waals surface area contributed by atoms with Gasteiger partial charge in [-0.1, -0.05) is 23.2 Å². The van der Waals surface area contributed by atoms with Crippen LogP contribution in [0.15, 0.2) is 23.4 Å². The lowest BCUT2D eigenvalue weighted by atomic mass is 10.3. The van der Waals surface area contributed by atoms with Crippen LogP contribution in [0.3, 0.4) is 0 Å². The van der Waals surface area contributed by atoms with Crippen molar-refractivity contribution in [1.82, 2.24) is 14.8 Å². The van der Waals surface area contributed by atoms with E-state index in [-0.39, 0.29) is 26.6 Å². The number of hydrogen-bond donors (Lipinski definition) is 2. The third-order valence-electron chi connectivity index (χ3n) is 2.23. The zero-order chi connectivity index (χ0) is 14.2. The summed E-state index contributed by atoms with van der Waals surface area (Å²) in [5, 5.41) is 3.61. The molecule has 7 nitrogen and oxygen atoms in total. The number of rotatable bonds is 3. The van der Waals surface area contributed by atoms with Crippen molar-refractivity contribution in [3.63, 3.8) is 0 Å². The van der Waals surface area contributed by atoms with Crippen LogP contribution in [0.5, 0.6) is 0 Å². The minimum atomic E-state index is -3.98. The first kappa shape index (κ1) is 13.9. The van der Waals surface area contributed by atoms with Crippen molar-refractivity contribution in [1.29, 1.82) is 0 Å². The summed E-state index contributed by atoms with van der Waals surface area (Å²) in [5.41, 5.74) is 5.79. The number of nitrogens with one attached hydrogen (secondary N) is 1. The zero-order valence-corrected chi connectivity index (χ0v) is 12.0. The molecule has 1 aromatic heterocycles. The van der Waals surface area contributed by atoms with Gasteiger partial charge in [-0.2, -0.15) is 10.1 Å². The van der Waals surface area contributed by atoms with E-state index in [1.165, 1.54) is 30.2 Å². The summed E-state index contributed by atoms with van der Waals surface area (Å²) in [5.74, 6) is 0.0453. The molecular formula is C9H9Cl2N5O2S. The van der Waals surface area contributed by atoms with Crippen molar-refractivity contribution in [2.75, 3.05) is 10.5 Å². The molecule has 0 aliphatic heterocycles. The molecule has 10 heteroatoms. The second-order valence-corrected chi connectivity index (χ2v) is 6.06. The van der Waals surface area contributed by atoms with E-state index in [2.05, 4.69) is 14.8 Å². The summed E-state index contributed by atoms with van der Waals surface area (Å²) in [7, 11) is -2.44. The molecule has 0 spiro atoms. The summed E-state index contributed by atoms with van der Waals surface area (Å²) in [6.07, 6.45) is 1.21. The Morgan fingerprint density at radius 3 is 2.37 bits per heavy atom. The summed E-state index contributed by atoms with van der Waals surface area (Å²) in [6.45, 7) is 0. The molecule has 0 saturated carbocycles. The van der Waals surface area contributed by atoms with Crippen LogP contribution < -0.4 is 10.5 Å². The molecule has 0 unspecified atom stereocenters. The van der Waals surface area contributed by atoms with E-state index >= 15 is 0 Å². The number of nitrogen functional groups attached to an aromatic ring is 1. The highest BCUT2D eigenvalue weighted by molar-refractivity contribution is 7.93. The molecule has 2 rings (SSSR count). The zero-order valence-electron chi connectivity index (χ0n) is 9.63. The van der Waals surface area contributed by atoms with Gasteiger partial charge >= 0.3 is 0 Å². The van der Waals surface area contributed by atoms with Gasteiger partial charge in [-0.05, 0) is 12.1 Å². The second kappa shape index (κ2) is 4.87. The van der Waals surface area contributed by atoms with Gasteiger partial charge in [0.2, 0.25) is 5.95 Å². The molecule has 0 aliphatic rings. The van der Waals surface area contributed by atoms with Gasteiger partial charge in [-0.3, -0.25) is 0 Å². The van der Waals surface area contributed by atoms with E-state index in [0.717, 1.165) is 0 Å². The van der Waals surface area contributed by atoms with Crippen LogP contribution in [0.4, 0.5) is 11.6 Å². The highest BCUT2D eigenvalue weighted by atomic mass is 35.5. The van der Waals surface area contributed by atoms with Gasteiger partial charge in [-0.15, -0.1) is 0 Å². The topological polar surface area (TPSA) is 103 Å². The molecule has 19 heavy (non-hydrogen) atoms. The Hall–Kier alpha value is -1.51. The number of aryl methyl sites for hydroxylation is 1. The molecule has 0 saturated heterocycles. The molecule has 102 valence electrons. The smallest absolute Gasteiger partial charge is 0.267 e. The molecule has 0 fully saturated rings. The van der Waals surface area contributed by atoms with Crippen molar-refractivity contribution in [2.24, 2.45) is 7.05 Å². The third kappa shape index (κ3) is 2.75. The minimum Gasteiger partial charge on any atom is -0.399 e. The van der Waals surface area contributed by atoms with Crippen LogP contribution in [0, 0.1) is 0 Å². The van der Waals surface area contributed by atoms with Crippen molar-refractivity contribution in [3.05, 3.63) is 28.5 Å². The van der Waals surface area contributed by atoms with Crippen LogP contribution in [0.2, 0.25) is 10.0 Å². The summed E-state index contributed by atoms with van der Waals surface area (Å²) in [6, 6.07) is 2.61. The van der Waals surface area contributed by atoms with Crippen LogP contribution in [0.25, 0.3) is 0 Å². The van der Waals surface area contributed by atoms with Crippen molar-refractivity contribution in [3.8, 4) is 0 Å². The molecular weight excluding hydrogens is 313 g/mol. The van der Waals surface area contributed by atoms with E-state index in [1.54, 1.807) is 0 Å². The van der Waals surface area contributed by atoms with E-state index < -0.39 is 10.0 Å². The first-order valence-corrected chi connectivity index (χ1v) is 7.16. The van der Waals surface area contributed by atoms with Gasteiger partial charge in [0.1, 0.15) is 11.2 Å². The molecule has 0 radical (unpaired) electrons. The van der Waals surface area contributed by atoms with E-state index in [4.69, 9.17) is 28.9 Å². The number of halogens is 2. The third-order valence-corrected chi connectivity index (χ3v) is 4.48. The van der Waals surface area contributed by atoms with Gasteiger partial charge < -0.3 is 5.73 Å². The van der Waals surface area contributed by atoms with Crippen LogP contribution in [0.1, 0.15) is 0 Å². The molecule has 0 bridgehead atoms. The highest BCUT2D eigenvalue weighted by Crippen LogP contribution is 2.32. The lowest BCUT2D eigenvalue weighted by Gasteiger charge is -2.10. The molecule has 2 aromatic rings. The molecule has 3 N–H and O–H groups in total. The first-order valence-electron chi connectivity index (χ1n) is 4.92. The van der Waals surface area contributed by atoms with Gasteiger partial charge in [0, 0.05) is 12.7 Å². The Bertz CT molecular complexity index is 705. The van der Waals surface area contributed by atoms with Gasteiger partial charge in [0.05, 0.1) is 10.0 Å². The monoisotopic (exact) mass is 321 g/mol. The largest absolute Gasteiger partial charge is 0.399 e. The molecule has 0 aliphatic carbocycles. The predicted molar refractivity (Wildman–Crippen MR) is 72.7 cm³/mol. The van der Waals surface area contributed by atoms with Crippen LogP contribution >= 0.6 is 23.2 Å². The number of sulfonamides is 1. The Morgan fingerprint density at radius 2 is 1.89 bits per heavy atom. The number of nitrogens with zero attached hydrogens (tertiary/aromatic N) is 3. The lowest BCUT2D eigenvalue weighted by Crippen LogP contribution is -2.17. The molecule has 0 amide bonds. The van der Waals surface area contributed by atoms with E-state index in [1.807, 2.05) is 0 Å². The maximum atomic E-state index is 12.2. The van der Waals surface area contributed by atoms with Crippen LogP contribution in [-0.2, 0) is 17.1 Å². The minimum absolute atomic E-state index is 0.0453. The summed E-state index contributed by atoms with van der Waals surface area (Å²) >= 11 is 11.7. The van der Waals surface area contributed by atoms with E-state index in [9.17, 15) is 8.42 Å². The fraction of sp³-hybridized carbons (Fsp3) is 0.111. The number of anilines is 2. The van der Waals surface area contributed by atoms with Crippen molar-refractivity contribution in [2.45, 2.75) is 4.90 Å². The van der Waals surface area contributed by atoms with Gasteiger partial charge in [0.25, 0.3) is 10.0 Å². The number of hydrogen-bond acceptors (Lipinski definition) is 5. The highest BCUT2D eigenvalue weighted by Gasteiger charge is 2.24. The Kier molecular flexibility index (Phi) is 3.57. The normalized spacial score (nSPS) is 11.5. The Labute approximate surface area is 119 Å². The Morgan fingerprint density at radius 1 is 1.32 bits per heavy atom. The second-order valence-electron chi connectivity index (χ2n) is 3.63. The van der Waals surface area contributed by atoms with Crippen LogP contribution in [-0.4, -0.2) is 23.2 Å². The maximum Gasteiger partial charge on any atom is 0.267 e. The summed E-state index contributed by atoms with van der Waals surface area (Å²) < 4.78 is 27.9. The average Bonchev–Trinajstić information content (AvgIpc) is 2.61. The lowest BCUT2D eigenvalue weighted by molar-refractivity contribution is 0.600. The molecule has 1 aromatic carbocycles. The fourth-order valence-electron chi connectivity index (χ4n) is 1.40. The van der Waals surface area contributed by atoms with E-state index in [0.29, 0.717) is 0 Å². The summed E-state index contributed by atoms with van der Waals surface area (Å²) in [4.78, 5) is 3.50. The quantitative estimate of drug-likeness (QED) is 0.834. The Balaban J connectivity index is 2.49.